The van der Waals surface area contributed by atoms with E-state index in [9.17, 15) is 4.79 Å². The molecule has 0 radical (unpaired) electrons. The zero-order valence-electron chi connectivity index (χ0n) is 18.3. The molecule has 5 nitrogen and oxygen atoms in total. The van der Waals surface area contributed by atoms with Crippen molar-refractivity contribution in [2.75, 3.05) is 13.2 Å². The molecule has 5 heteroatoms. The average Bonchev–Trinajstić information content (AvgIpc) is 2.69. The van der Waals surface area contributed by atoms with Crippen molar-refractivity contribution in [1.82, 2.24) is 5.32 Å². The van der Waals surface area contributed by atoms with Crippen molar-refractivity contribution >= 4 is 5.91 Å². The van der Waals surface area contributed by atoms with Gasteiger partial charge in [-0.3, -0.25) is 4.79 Å². The van der Waals surface area contributed by atoms with Crippen LogP contribution in [0.5, 0.6) is 17.2 Å². The Balaban J connectivity index is 2.07. The fourth-order valence-electron chi connectivity index (χ4n) is 3.06. The summed E-state index contributed by atoms with van der Waals surface area (Å²) in [5.74, 6) is 2.29. The van der Waals surface area contributed by atoms with Crippen molar-refractivity contribution in [2.24, 2.45) is 0 Å². The number of carbonyl (C=O) groups excluding carboxylic acids is 1. The Hall–Kier alpha value is -2.69. The first kappa shape index (κ1) is 22.6. The van der Waals surface area contributed by atoms with Crippen LogP contribution < -0.4 is 19.5 Å². The van der Waals surface area contributed by atoms with Crippen molar-refractivity contribution < 1.29 is 19.0 Å². The van der Waals surface area contributed by atoms with Gasteiger partial charge in [0.25, 0.3) is 5.91 Å². The second-order valence-electron chi connectivity index (χ2n) is 7.26. The lowest BCUT2D eigenvalue weighted by molar-refractivity contribution is -0.127. The molecule has 0 aliphatic carbocycles. The van der Waals surface area contributed by atoms with Crippen molar-refractivity contribution in [3.63, 3.8) is 0 Å². The fourth-order valence-corrected chi connectivity index (χ4v) is 3.06. The summed E-state index contributed by atoms with van der Waals surface area (Å²) >= 11 is 0. The Morgan fingerprint density at radius 3 is 2.21 bits per heavy atom. The monoisotopic (exact) mass is 399 g/mol. The fraction of sp³-hybridized carbons (Fsp3) is 0.458. The Labute approximate surface area is 174 Å². The smallest absolute Gasteiger partial charge is 0.261 e. The van der Waals surface area contributed by atoms with Gasteiger partial charge >= 0.3 is 0 Å². The third kappa shape index (κ3) is 6.14. The molecule has 158 valence electrons. The van der Waals surface area contributed by atoms with Gasteiger partial charge in [-0.05, 0) is 62.9 Å². The van der Waals surface area contributed by atoms with E-state index in [0.717, 1.165) is 16.9 Å². The van der Waals surface area contributed by atoms with Gasteiger partial charge in [0, 0.05) is 0 Å². The van der Waals surface area contributed by atoms with Crippen LogP contribution in [0.4, 0.5) is 0 Å². The molecule has 0 bridgehead atoms. The molecular formula is C24H33NO4. The second-order valence-corrected chi connectivity index (χ2v) is 7.26. The lowest BCUT2D eigenvalue weighted by Gasteiger charge is -2.22. The zero-order chi connectivity index (χ0) is 21.4. The van der Waals surface area contributed by atoms with E-state index in [1.165, 1.54) is 0 Å². The minimum Gasteiger partial charge on any atom is -0.490 e. The first-order valence-corrected chi connectivity index (χ1v) is 10.3. The maximum atomic E-state index is 12.7. The number of hydrogen-bond acceptors (Lipinski definition) is 4. The van der Waals surface area contributed by atoms with E-state index < -0.39 is 6.10 Å². The molecule has 1 N–H and O–H groups in total. The van der Waals surface area contributed by atoms with Gasteiger partial charge in [-0.25, -0.2) is 0 Å². The molecule has 0 unspecified atom stereocenters. The quantitative estimate of drug-likeness (QED) is 0.593. The van der Waals surface area contributed by atoms with Gasteiger partial charge in [0.2, 0.25) is 0 Å². The van der Waals surface area contributed by atoms with E-state index in [-0.39, 0.29) is 11.9 Å². The number of rotatable bonds is 10. The molecule has 0 aliphatic heterocycles. The number of ether oxygens (including phenoxy) is 3. The number of benzene rings is 2. The van der Waals surface area contributed by atoms with Crippen LogP contribution in [0.3, 0.4) is 0 Å². The van der Waals surface area contributed by atoms with Crippen LogP contribution in [0.2, 0.25) is 0 Å². The van der Waals surface area contributed by atoms with Crippen LogP contribution in [0.1, 0.15) is 64.6 Å². The maximum Gasteiger partial charge on any atom is 0.261 e. The molecule has 2 aromatic rings. The number of nitrogens with one attached hydrogen (secondary N) is 1. The third-order valence-electron chi connectivity index (χ3n) is 4.64. The molecule has 1 amide bonds. The molecule has 2 aromatic carbocycles. The van der Waals surface area contributed by atoms with E-state index in [1.807, 2.05) is 63.2 Å². The highest BCUT2D eigenvalue weighted by Crippen LogP contribution is 2.31. The van der Waals surface area contributed by atoms with Crippen LogP contribution in [-0.2, 0) is 4.79 Å². The molecule has 0 heterocycles. The summed E-state index contributed by atoms with van der Waals surface area (Å²) in [7, 11) is 0. The molecule has 2 rings (SSSR count). The number of carbonyl (C=O) groups is 1. The first-order chi connectivity index (χ1) is 13.9. The Morgan fingerprint density at radius 2 is 1.55 bits per heavy atom. The molecule has 0 fully saturated rings. The van der Waals surface area contributed by atoms with Crippen LogP contribution >= 0.6 is 0 Å². The topological polar surface area (TPSA) is 56.8 Å². The van der Waals surface area contributed by atoms with Crippen LogP contribution in [-0.4, -0.2) is 25.2 Å². The SMILES string of the molecule is CCOc1ccc([C@H](C)NC(=O)[C@H](C)Oc2ccccc2C(C)C)cc1OCC. The molecule has 0 saturated heterocycles. The summed E-state index contributed by atoms with van der Waals surface area (Å²) in [5, 5.41) is 3.03. The Bertz CT molecular complexity index is 803. The summed E-state index contributed by atoms with van der Waals surface area (Å²) in [5.41, 5.74) is 2.04. The maximum absolute atomic E-state index is 12.7. The standard InChI is InChI=1S/C24H33NO4/c1-7-27-22-14-13-19(15-23(22)28-8-2)17(5)25-24(26)18(6)29-21-12-10-9-11-20(21)16(3)4/h9-18H,7-8H2,1-6H3,(H,25,26)/t17-,18-/m0/s1. The third-order valence-corrected chi connectivity index (χ3v) is 4.64. The van der Waals surface area contributed by atoms with E-state index in [1.54, 1.807) is 6.92 Å². The van der Waals surface area contributed by atoms with Gasteiger partial charge in [0.1, 0.15) is 5.75 Å². The zero-order valence-corrected chi connectivity index (χ0v) is 18.3. The van der Waals surface area contributed by atoms with Gasteiger partial charge < -0.3 is 19.5 Å². The number of amides is 1. The van der Waals surface area contributed by atoms with Gasteiger partial charge in [-0.15, -0.1) is 0 Å². The molecule has 0 aliphatic rings. The lowest BCUT2D eigenvalue weighted by Crippen LogP contribution is -2.38. The first-order valence-electron chi connectivity index (χ1n) is 10.3. The van der Waals surface area contributed by atoms with Crippen LogP contribution in [0.25, 0.3) is 0 Å². The van der Waals surface area contributed by atoms with Gasteiger partial charge in [0.15, 0.2) is 17.6 Å². The van der Waals surface area contributed by atoms with Gasteiger partial charge in [-0.2, -0.15) is 0 Å². The van der Waals surface area contributed by atoms with Crippen molar-refractivity contribution in [3.8, 4) is 17.2 Å². The highest BCUT2D eigenvalue weighted by molar-refractivity contribution is 5.81. The van der Waals surface area contributed by atoms with E-state index >= 15 is 0 Å². The molecule has 2 atom stereocenters. The van der Waals surface area contributed by atoms with E-state index in [0.29, 0.717) is 30.6 Å². The van der Waals surface area contributed by atoms with Crippen molar-refractivity contribution in [2.45, 2.75) is 59.6 Å². The average molecular weight is 400 g/mol. The minimum atomic E-state index is -0.605. The largest absolute Gasteiger partial charge is 0.490 e. The minimum absolute atomic E-state index is 0.164. The van der Waals surface area contributed by atoms with E-state index in [4.69, 9.17) is 14.2 Å². The summed E-state index contributed by atoms with van der Waals surface area (Å²) in [6, 6.07) is 13.4. The van der Waals surface area contributed by atoms with E-state index in [2.05, 4.69) is 19.2 Å². The summed E-state index contributed by atoms with van der Waals surface area (Å²) in [6.07, 6.45) is -0.605. The van der Waals surface area contributed by atoms with Gasteiger partial charge in [-0.1, -0.05) is 38.1 Å². The van der Waals surface area contributed by atoms with Crippen molar-refractivity contribution in [3.05, 3.63) is 53.6 Å². The Morgan fingerprint density at radius 1 is 0.897 bits per heavy atom. The molecule has 0 saturated carbocycles. The number of para-hydroxylation sites is 1. The summed E-state index contributed by atoms with van der Waals surface area (Å²) in [4.78, 5) is 12.7. The highest BCUT2D eigenvalue weighted by Gasteiger charge is 2.20. The van der Waals surface area contributed by atoms with Crippen LogP contribution in [0, 0.1) is 0 Å². The second kappa shape index (κ2) is 10.7. The predicted octanol–water partition coefficient (Wildman–Crippen LogP) is 5.25. The van der Waals surface area contributed by atoms with Crippen molar-refractivity contribution in [1.29, 1.82) is 0 Å². The lowest BCUT2D eigenvalue weighted by atomic mass is 10.0. The molecule has 29 heavy (non-hydrogen) atoms. The summed E-state index contributed by atoms with van der Waals surface area (Å²) in [6.45, 7) is 12.9. The number of hydrogen-bond donors (Lipinski definition) is 1. The summed E-state index contributed by atoms with van der Waals surface area (Å²) < 4.78 is 17.3. The molecule has 0 aromatic heterocycles. The van der Waals surface area contributed by atoms with Crippen LogP contribution in [0.15, 0.2) is 42.5 Å². The molecular weight excluding hydrogens is 366 g/mol. The highest BCUT2D eigenvalue weighted by atomic mass is 16.5. The predicted molar refractivity (Wildman–Crippen MR) is 116 cm³/mol. The Kier molecular flexibility index (Phi) is 8.37. The normalized spacial score (nSPS) is 12.9. The molecule has 0 spiro atoms. The van der Waals surface area contributed by atoms with Gasteiger partial charge in [0.05, 0.1) is 19.3 Å².